The number of pyridine rings is 1. The molecule has 0 aromatic carbocycles. The van der Waals surface area contributed by atoms with Gasteiger partial charge < -0.3 is 14.2 Å². The Bertz CT molecular complexity index is 607. The van der Waals surface area contributed by atoms with E-state index < -0.39 is 5.97 Å². The van der Waals surface area contributed by atoms with Crippen LogP contribution in [-0.4, -0.2) is 48.2 Å². The van der Waals surface area contributed by atoms with Gasteiger partial charge in [0.2, 0.25) is 0 Å². The van der Waals surface area contributed by atoms with Gasteiger partial charge in [-0.3, -0.25) is 0 Å². The van der Waals surface area contributed by atoms with Gasteiger partial charge >= 0.3 is 5.97 Å². The summed E-state index contributed by atoms with van der Waals surface area (Å²) in [4.78, 5) is 17.9. The maximum Gasteiger partial charge on any atom is 0.340 e. The lowest BCUT2D eigenvalue weighted by atomic mass is 10.2. The monoisotopic (exact) mass is 281 g/mol. The number of aromatic nitrogens is 2. The van der Waals surface area contributed by atoms with Gasteiger partial charge in [0.1, 0.15) is 5.65 Å². The molecule has 2 rings (SSSR count). The number of esters is 1. The Morgan fingerprint density at radius 1 is 1.53 bits per heavy atom. The average Bonchev–Trinajstić information content (AvgIpc) is 2.80. The van der Waals surface area contributed by atoms with Crippen molar-refractivity contribution in [1.29, 1.82) is 0 Å². The number of rotatable bonds is 4. The Hall–Kier alpha value is -1.59. The molecule has 2 aromatic heterocycles. The van der Waals surface area contributed by atoms with Crippen LogP contribution in [0.15, 0.2) is 18.5 Å². The summed E-state index contributed by atoms with van der Waals surface area (Å²) in [7, 11) is 5.36. The smallest absolute Gasteiger partial charge is 0.340 e. The van der Waals surface area contributed by atoms with E-state index in [1.807, 2.05) is 30.9 Å². The summed E-state index contributed by atoms with van der Waals surface area (Å²) in [6, 6.07) is 1.87. The van der Waals surface area contributed by atoms with Gasteiger partial charge in [-0.1, -0.05) is 11.6 Å². The first kappa shape index (κ1) is 13.8. The number of nitrogens with zero attached hydrogens (tertiary/aromatic N) is 3. The minimum Gasteiger partial charge on any atom is -0.465 e. The van der Waals surface area contributed by atoms with Crippen molar-refractivity contribution in [2.45, 2.75) is 6.54 Å². The van der Waals surface area contributed by atoms with Gasteiger partial charge in [0.15, 0.2) is 0 Å². The van der Waals surface area contributed by atoms with Gasteiger partial charge in [0.25, 0.3) is 0 Å². The van der Waals surface area contributed by atoms with Gasteiger partial charge in [0.05, 0.1) is 17.7 Å². The normalized spacial score (nSPS) is 11.2. The predicted octanol–water partition coefficient (Wildman–Crippen LogP) is 2.04. The third-order valence-corrected chi connectivity index (χ3v) is 3.32. The van der Waals surface area contributed by atoms with Crippen LogP contribution in [0.25, 0.3) is 11.0 Å². The van der Waals surface area contributed by atoms with E-state index in [2.05, 4.69) is 14.6 Å². The molecule has 102 valence electrons. The first-order valence-electron chi connectivity index (χ1n) is 5.91. The van der Waals surface area contributed by atoms with E-state index in [0.29, 0.717) is 10.6 Å². The summed E-state index contributed by atoms with van der Waals surface area (Å²) in [6.07, 6.45) is 3.39. The van der Waals surface area contributed by atoms with Crippen LogP contribution < -0.4 is 0 Å². The van der Waals surface area contributed by atoms with E-state index >= 15 is 0 Å². The molecular formula is C13H16ClN3O2. The van der Waals surface area contributed by atoms with E-state index in [0.717, 1.165) is 24.1 Å². The van der Waals surface area contributed by atoms with Crippen LogP contribution in [0.3, 0.4) is 0 Å². The average molecular weight is 282 g/mol. The lowest BCUT2D eigenvalue weighted by Crippen LogP contribution is -2.18. The molecule has 2 heterocycles. The van der Waals surface area contributed by atoms with Crippen molar-refractivity contribution < 1.29 is 9.53 Å². The van der Waals surface area contributed by atoms with Crippen LogP contribution in [0.5, 0.6) is 0 Å². The zero-order chi connectivity index (χ0) is 14.0. The molecule has 0 unspecified atom stereocenters. The van der Waals surface area contributed by atoms with Gasteiger partial charge in [-0.15, -0.1) is 0 Å². The minimum atomic E-state index is -0.472. The third kappa shape index (κ3) is 2.72. The molecule has 0 saturated carbocycles. The highest BCUT2D eigenvalue weighted by Gasteiger charge is 2.16. The maximum atomic E-state index is 11.5. The molecule has 19 heavy (non-hydrogen) atoms. The summed E-state index contributed by atoms with van der Waals surface area (Å²) in [6.45, 7) is 1.72. The summed E-state index contributed by atoms with van der Waals surface area (Å²) in [5.74, 6) is -0.472. The standard InChI is InChI=1S/C13H16ClN3O2/c1-16(2)6-7-17-5-4-9-11(14)10(13(18)19-3)8-15-12(9)17/h4-5,8H,6-7H2,1-3H3. The molecule has 0 saturated heterocycles. The lowest BCUT2D eigenvalue weighted by Gasteiger charge is -2.11. The van der Waals surface area contributed by atoms with Crippen molar-refractivity contribution >= 4 is 28.6 Å². The second-order valence-electron chi connectivity index (χ2n) is 4.53. The second-order valence-corrected chi connectivity index (χ2v) is 4.91. The number of carbonyl (C=O) groups excluding carboxylic acids is 1. The largest absolute Gasteiger partial charge is 0.465 e. The molecule has 0 N–H and O–H groups in total. The maximum absolute atomic E-state index is 11.5. The van der Waals surface area contributed by atoms with Crippen molar-refractivity contribution in [3.63, 3.8) is 0 Å². The number of ether oxygens (including phenoxy) is 1. The van der Waals surface area contributed by atoms with Crippen molar-refractivity contribution in [3.8, 4) is 0 Å². The summed E-state index contributed by atoms with van der Waals surface area (Å²) >= 11 is 6.23. The van der Waals surface area contributed by atoms with Gasteiger partial charge in [-0.2, -0.15) is 0 Å². The highest BCUT2D eigenvalue weighted by atomic mass is 35.5. The zero-order valence-electron chi connectivity index (χ0n) is 11.2. The van der Waals surface area contributed by atoms with Crippen molar-refractivity contribution in [1.82, 2.24) is 14.5 Å². The Balaban J connectivity index is 2.40. The topological polar surface area (TPSA) is 47.4 Å². The quantitative estimate of drug-likeness (QED) is 0.805. The Morgan fingerprint density at radius 3 is 2.89 bits per heavy atom. The molecule has 0 amide bonds. The Morgan fingerprint density at radius 2 is 2.26 bits per heavy atom. The van der Waals surface area contributed by atoms with E-state index in [9.17, 15) is 4.79 Å². The highest BCUT2D eigenvalue weighted by molar-refractivity contribution is 6.38. The number of fused-ring (bicyclic) bond motifs is 1. The summed E-state index contributed by atoms with van der Waals surface area (Å²) < 4.78 is 6.69. The van der Waals surface area contributed by atoms with Gasteiger partial charge in [0, 0.05) is 30.9 Å². The molecule has 0 spiro atoms. The number of hydrogen-bond acceptors (Lipinski definition) is 4. The molecule has 0 aliphatic carbocycles. The minimum absolute atomic E-state index is 0.294. The lowest BCUT2D eigenvalue weighted by molar-refractivity contribution is 0.0600. The third-order valence-electron chi connectivity index (χ3n) is 2.92. The molecule has 2 aromatic rings. The fourth-order valence-corrected chi connectivity index (χ4v) is 2.12. The molecule has 0 radical (unpaired) electrons. The summed E-state index contributed by atoms with van der Waals surface area (Å²) in [5, 5.41) is 1.16. The first-order valence-corrected chi connectivity index (χ1v) is 6.28. The SMILES string of the molecule is COC(=O)c1cnc2c(ccn2CCN(C)C)c1Cl. The molecule has 6 heteroatoms. The van der Waals surface area contributed by atoms with Crippen LogP contribution in [0.2, 0.25) is 5.02 Å². The number of methoxy groups -OCH3 is 1. The number of hydrogen-bond donors (Lipinski definition) is 0. The van der Waals surface area contributed by atoms with Crippen LogP contribution in [-0.2, 0) is 11.3 Å². The van der Waals surface area contributed by atoms with Crippen LogP contribution >= 0.6 is 11.6 Å². The van der Waals surface area contributed by atoms with Crippen molar-refractivity contribution in [2.75, 3.05) is 27.7 Å². The van der Waals surface area contributed by atoms with E-state index in [4.69, 9.17) is 11.6 Å². The van der Waals surface area contributed by atoms with E-state index in [1.165, 1.54) is 13.3 Å². The molecule has 5 nitrogen and oxygen atoms in total. The Kier molecular flexibility index (Phi) is 4.07. The summed E-state index contributed by atoms with van der Waals surface area (Å²) in [5.41, 5.74) is 1.07. The van der Waals surface area contributed by atoms with Crippen molar-refractivity contribution in [2.24, 2.45) is 0 Å². The fourth-order valence-electron chi connectivity index (χ4n) is 1.85. The van der Waals surface area contributed by atoms with Crippen LogP contribution in [0.4, 0.5) is 0 Å². The van der Waals surface area contributed by atoms with E-state index in [-0.39, 0.29) is 0 Å². The van der Waals surface area contributed by atoms with Crippen LogP contribution in [0, 0.1) is 0 Å². The molecule has 0 atom stereocenters. The van der Waals surface area contributed by atoms with E-state index in [1.54, 1.807) is 0 Å². The number of halogens is 1. The van der Waals surface area contributed by atoms with Gasteiger partial charge in [-0.25, -0.2) is 9.78 Å². The first-order chi connectivity index (χ1) is 9.04. The van der Waals surface area contributed by atoms with Crippen molar-refractivity contribution in [3.05, 3.63) is 29.0 Å². The van der Waals surface area contributed by atoms with Crippen LogP contribution in [0.1, 0.15) is 10.4 Å². The van der Waals surface area contributed by atoms with Gasteiger partial charge in [-0.05, 0) is 20.2 Å². The second kappa shape index (κ2) is 5.59. The molecule has 0 fully saturated rings. The molecular weight excluding hydrogens is 266 g/mol. The highest BCUT2D eigenvalue weighted by Crippen LogP contribution is 2.26. The fraction of sp³-hybridized carbons (Fsp3) is 0.385. The zero-order valence-corrected chi connectivity index (χ0v) is 11.9. The number of carbonyl (C=O) groups is 1. The molecule has 0 aliphatic heterocycles. The Labute approximate surface area is 116 Å². The number of likely N-dealkylation sites (N-methyl/N-ethyl adjacent to an activating group) is 1. The predicted molar refractivity (Wildman–Crippen MR) is 74.6 cm³/mol. The molecule has 0 aliphatic rings. The molecule has 0 bridgehead atoms.